The molecule has 0 aliphatic carbocycles. The summed E-state index contributed by atoms with van der Waals surface area (Å²) in [7, 11) is 3.62. The largest absolute Gasteiger partial charge is 0.432 e. The number of nitrogens with one attached hydrogen (secondary N) is 3. The molecule has 4 N–H and O–H groups in total. The molecule has 2 aliphatic rings. The summed E-state index contributed by atoms with van der Waals surface area (Å²) in [5, 5.41) is 17.7. The van der Waals surface area contributed by atoms with Crippen LogP contribution < -0.4 is 20.8 Å². The second-order valence-corrected chi connectivity index (χ2v) is 7.33. The number of nitrogens with zero attached hydrogens (tertiary/aromatic N) is 2. The van der Waals surface area contributed by atoms with Gasteiger partial charge in [-0.2, -0.15) is 8.78 Å². The quantitative estimate of drug-likeness (QED) is 0.516. The van der Waals surface area contributed by atoms with E-state index in [2.05, 4.69) is 20.8 Å². The van der Waals surface area contributed by atoms with Gasteiger partial charge in [-0.25, -0.2) is 14.8 Å². The summed E-state index contributed by atoms with van der Waals surface area (Å²) < 4.78 is 43.2. The molecule has 2 aliphatic heterocycles. The van der Waals surface area contributed by atoms with Crippen molar-refractivity contribution in [3.8, 4) is 5.75 Å². The Morgan fingerprint density at radius 1 is 1.34 bits per heavy atom. The minimum atomic E-state index is -3.11. The van der Waals surface area contributed by atoms with Crippen LogP contribution in [0.15, 0.2) is 18.2 Å². The lowest BCUT2D eigenvalue weighted by Gasteiger charge is -2.41. The molecule has 11 heteroatoms. The van der Waals surface area contributed by atoms with E-state index in [1.807, 2.05) is 21.0 Å². The third-order valence-corrected chi connectivity index (χ3v) is 5.29. The second-order valence-electron chi connectivity index (χ2n) is 7.33. The number of benzene rings is 1. The second kappa shape index (κ2) is 8.84. The maximum absolute atomic E-state index is 14.3. The van der Waals surface area contributed by atoms with Crippen LogP contribution in [0.5, 0.6) is 5.75 Å². The standard InChI is InChI=1S/C18H26F3N5O3/c1-4-12(9-5-6-13(10(19)7-9)29-17(20)21)26-15-14(11(8-27)24-26)16(28)23-18(22-15)25(2)3/h5-7,11-12,14-15,17-18,22,24,27H,4,8H2,1-3H3,(H,23,28). The van der Waals surface area contributed by atoms with E-state index in [0.29, 0.717) is 12.0 Å². The number of rotatable bonds is 7. The van der Waals surface area contributed by atoms with Crippen molar-refractivity contribution in [2.45, 2.75) is 44.5 Å². The molecule has 0 bridgehead atoms. The molecule has 5 unspecified atom stereocenters. The zero-order chi connectivity index (χ0) is 21.3. The Labute approximate surface area is 167 Å². The SMILES string of the molecule is CCC(c1ccc(OC(F)F)c(F)c1)N1NC(CO)C2C(=O)NC(N(C)C)NC21. The Hall–Kier alpha value is -1.92. The van der Waals surface area contributed by atoms with Gasteiger partial charge in [0.05, 0.1) is 30.8 Å². The molecule has 1 amide bonds. The Morgan fingerprint density at radius 3 is 2.62 bits per heavy atom. The summed E-state index contributed by atoms with van der Waals surface area (Å²) in [6.07, 6.45) is -0.335. The number of aliphatic hydroxyl groups excluding tert-OH is 1. The number of carbonyl (C=O) groups excluding carboxylic acids is 1. The number of hydrazine groups is 1. The molecule has 0 radical (unpaired) electrons. The molecular weight excluding hydrogens is 391 g/mol. The molecule has 1 aromatic carbocycles. The number of ether oxygens (including phenoxy) is 1. The van der Waals surface area contributed by atoms with E-state index in [1.54, 1.807) is 9.91 Å². The zero-order valence-corrected chi connectivity index (χ0v) is 16.4. The molecule has 1 aromatic rings. The van der Waals surface area contributed by atoms with Gasteiger partial charge in [0.25, 0.3) is 0 Å². The average molecular weight is 417 g/mol. The molecule has 2 saturated heterocycles. The molecule has 8 nitrogen and oxygen atoms in total. The average Bonchev–Trinajstić information content (AvgIpc) is 3.03. The van der Waals surface area contributed by atoms with E-state index in [-0.39, 0.29) is 18.6 Å². The Kier molecular flexibility index (Phi) is 6.64. The number of carbonyl (C=O) groups is 1. The monoisotopic (exact) mass is 417 g/mol. The van der Waals surface area contributed by atoms with Gasteiger partial charge in [-0.3, -0.25) is 15.0 Å². The molecular formula is C18H26F3N5O3. The number of alkyl halides is 2. The smallest absolute Gasteiger partial charge is 0.387 e. The summed E-state index contributed by atoms with van der Waals surface area (Å²) in [6, 6.07) is 2.94. The number of hydrogen-bond acceptors (Lipinski definition) is 7. The van der Waals surface area contributed by atoms with Crippen molar-refractivity contribution < 1.29 is 27.8 Å². The highest BCUT2D eigenvalue weighted by Crippen LogP contribution is 2.35. The van der Waals surface area contributed by atoms with Gasteiger partial charge in [0.15, 0.2) is 11.6 Å². The normalized spacial score (nSPS) is 28.5. The van der Waals surface area contributed by atoms with Crippen LogP contribution in [0.2, 0.25) is 0 Å². The highest BCUT2D eigenvalue weighted by molar-refractivity contribution is 5.81. The molecule has 3 rings (SSSR count). The van der Waals surface area contributed by atoms with Gasteiger partial charge < -0.3 is 15.2 Å². The maximum atomic E-state index is 14.3. The van der Waals surface area contributed by atoms with E-state index in [0.717, 1.165) is 6.07 Å². The van der Waals surface area contributed by atoms with Gasteiger partial charge in [0.1, 0.15) is 6.29 Å². The Balaban J connectivity index is 1.90. The van der Waals surface area contributed by atoms with Crippen LogP contribution in [0.1, 0.15) is 24.9 Å². The van der Waals surface area contributed by atoms with Crippen molar-refractivity contribution >= 4 is 5.91 Å². The van der Waals surface area contributed by atoms with Crippen LogP contribution in [0.3, 0.4) is 0 Å². The highest BCUT2D eigenvalue weighted by atomic mass is 19.3. The number of aliphatic hydroxyl groups is 1. The van der Waals surface area contributed by atoms with Crippen LogP contribution >= 0.6 is 0 Å². The fourth-order valence-electron chi connectivity index (χ4n) is 3.91. The van der Waals surface area contributed by atoms with Gasteiger partial charge in [-0.1, -0.05) is 13.0 Å². The fourth-order valence-corrected chi connectivity index (χ4v) is 3.91. The van der Waals surface area contributed by atoms with Crippen molar-refractivity contribution in [2.24, 2.45) is 5.92 Å². The molecule has 0 saturated carbocycles. The molecule has 2 heterocycles. The van der Waals surface area contributed by atoms with Crippen LogP contribution in [-0.4, -0.2) is 66.7 Å². The number of fused-ring (bicyclic) bond motifs is 1. The lowest BCUT2D eigenvalue weighted by molar-refractivity contribution is -0.133. The van der Waals surface area contributed by atoms with Crippen molar-refractivity contribution in [2.75, 3.05) is 20.7 Å². The summed E-state index contributed by atoms with van der Waals surface area (Å²) in [5.41, 5.74) is 3.69. The summed E-state index contributed by atoms with van der Waals surface area (Å²) in [5.74, 6) is -2.18. The van der Waals surface area contributed by atoms with Crippen molar-refractivity contribution in [3.63, 3.8) is 0 Å². The number of hydrogen-bond donors (Lipinski definition) is 4. The minimum absolute atomic E-state index is 0.205. The van der Waals surface area contributed by atoms with Crippen LogP contribution in [0, 0.1) is 11.7 Å². The first-order valence-corrected chi connectivity index (χ1v) is 9.39. The fraction of sp³-hybridized carbons (Fsp3) is 0.611. The highest BCUT2D eigenvalue weighted by Gasteiger charge is 2.51. The number of halogens is 3. The first-order valence-electron chi connectivity index (χ1n) is 9.39. The van der Waals surface area contributed by atoms with E-state index >= 15 is 0 Å². The molecule has 0 aromatic heterocycles. The minimum Gasteiger partial charge on any atom is -0.432 e. The third-order valence-electron chi connectivity index (χ3n) is 5.29. The van der Waals surface area contributed by atoms with Gasteiger partial charge in [0, 0.05) is 0 Å². The van der Waals surface area contributed by atoms with Crippen molar-refractivity contribution in [1.29, 1.82) is 0 Å². The lowest BCUT2D eigenvalue weighted by Crippen LogP contribution is -2.68. The summed E-state index contributed by atoms with van der Waals surface area (Å²) in [4.78, 5) is 14.5. The summed E-state index contributed by atoms with van der Waals surface area (Å²) >= 11 is 0. The van der Waals surface area contributed by atoms with Gasteiger partial charge in [-0.15, -0.1) is 0 Å². The Morgan fingerprint density at radius 2 is 2.07 bits per heavy atom. The molecule has 0 spiro atoms. The molecule has 162 valence electrons. The van der Waals surface area contributed by atoms with Crippen molar-refractivity contribution in [1.82, 2.24) is 26.0 Å². The van der Waals surface area contributed by atoms with Gasteiger partial charge >= 0.3 is 6.61 Å². The molecule has 29 heavy (non-hydrogen) atoms. The van der Waals surface area contributed by atoms with Crippen LogP contribution in [0.4, 0.5) is 13.2 Å². The van der Waals surface area contributed by atoms with Crippen LogP contribution in [-0.2, 0) is 4.79 Å². The topological polar surface area (TPSA) is 89.1 Å². The maximum Gasteiger partial charge on any atom is 0.387 e. The first kappa shape index (κ1) is 21.8. The van der Waals surface area contributed by atoms with E-state index in [9.17, 15) is 23.1 Å². The predicted octanol–water partition coefficient (Wildman–Crippen LogP) is 0.566. The first-order chi connectivity index (χ1) is 13.8. The lowest BCUT2D eigenvalue weighted by atomic mass is 9.95. The predicted molar refractivity (Wildman–Crippen MR) is 97.9 cm³/mol. The zero-order valence-electron chi connectivity index (χ0n) is 16.4. The molecule has 2 fully saturated rings. The van der Waals surface area contributed by atoms with Crippen molar-refractivity contribution in [3.05, 3.63) is 29.6 Å². The van der Waals surface area contributed by atoms with Crippen LogP contribution in [0.25, 0.3) is 0 Å². The molecule has 5 atom stereocenters. The van der Waals surface area contributed by atoms with Gasteiger partial charge in [0.2, 0.25) is 5.91 Å². The Bertz CT molecular complexity index is 739. The van der Waals surface area contributed by atoms with Gasteiger partial charge in [-0.05, 0) is 38.2 Å². The van der Waals surface area contributed by atoms with E-state index in [4.69, 9.17) is 0 Å². The van der Waals surface area contributed by atoms with E-state index in [1.165, 1.54) is 12.1 Å². The number of amides is 1. The third kappa shape index (κ3) is 4.33. The summed E-state index contributed by atoms with van der Waals surface area (Å²) in [6.45, 7) is -1.48. The van der Waals surface area contributed by atoms with E-state index < -0.39 is 42.6 Å².